The van der Waals surface area contributed by atoms with E-state index in [1.165, 1.54) is 18.2 Å². The predicted octanol–water partition coefficient (Wildman–Crippen LogP) is 0.872. The van der Waals surface area contributed by atoms with Gasteiger partial charge in [-0.15, -0.1) is 0 Å². The van der Waals surface area contributed by atoms with Crippen LogP contribution >= 0.6 is 0 Å². The molecule has 1 saturated heterocycles. The maximum absolute atomic E-state index is 12.3. The number of hydrogen-bond donors (Lipinski definition) is 1. The van der Waals surface area contributed by atoms with Crippen molar-refractivity contribution in [2.24, 2.45) is 0 Å². The molecule has 0 bridgehead atoms. The molecule has 0 radical (unpaired) electrons. The first-order valence-electron chi connectivity index (χ1n) is 5.98. The van der Waals surface area contributed by atoms with Crippen LogP contribution in [0.4, 0.5) is 5.69 Å². The summed E-state index contributed by atoms with van der Waals surface area (Å²) in [6, 6.07) is 3.80. The number of nitrogens with one attached hydrogen (secondary N) is 1. The number of nitro benzene ring substituents is 1. The number of nitro groups is 1. The SMILES string of the molecule is O=[N+]([O-])c1ccc2oc(S(=O)(=O)C3CCNC3)nc2c1. The minimum Gasteiger partial charge on any atom is -0.428 e. The van der Waals surface area contributed by atoms with Crippen LogP contribution in [-0.2, 0) is 9.84 Å². The Balaban J connectivity index is 2.06. The van der Waals surface area contributed by atoms with Crippen molar-refractivity contribution in [1.82, 2.24) is 10.3 Å². The predicted molar refractivity (Wildman–Crippen MR) is 69.1 cm³/mol. The molecule has 2 heterocycles. The topological polar surface area (TPSA) is 115 Å². The Morgan fingerprint density at radius 1 is 1.45 bits per heavy atom. The Hall–Kier alpha value is -2.00. The summed E-state index contributed by atoms with van der Waals surface area (Å²) in [5.74, 6) is 0. The molecule has 0 aliphatic carbocycles. The molecule has 20 heavy (non-hydrogen) atoms. The molecule has 0 saturated carbocycles. The van der Waals surface area contributed by atoms with Crippen molar-refractivity contribution in [3.05, 3.63) is 28.3 Å². The lowest BCUT2D eigenvalue weighted by molar-refractivity contribution is -0.384. The average molecular weight is 297 g/mol. The van der Waals surface area contributed by atoms with Gasteiger partial charge >= 0.3 is 5.22 Å². The molecule has 2 aromatic rings. The van der Waals surface area contributed by atoms with Crippen molar-refractivity contribution in [3.63, 3.8) is 0 Å². The van der Waals surface area contributed by atoms with E-state index >= 15 is 0 Å². The maximum atomic E-state index is 12.3. The van der Waals surface area contributed by atoms with Crippen molar-refractivity contribution in [1.29, 1.82) is 0 Å². The fraction of sp³-hybridized carbons (Fsp3) is 0.364. The highest BCUT2D eigenvalue weighted by Gasteiger charge is 2.34. The Bertz CT molecular complexity index is 776. The number of oxazole rings is 1. The fourth-order valence-corrected chi connectivity index (χ4v) is 3.65. The van der Waals surface area contributed by atoms with Crippen LogP contribution in [0.2, 0.25) is 0 Å². The number of nitrogens with zero attached hydrogens (tertiary/aromatic N) is 2. The van der Waals surface area contributed by atoms with Gasteiger partial charge in [-0.1, -0.05) is 0 Å². The molecular formula is C11H11N3O5S. The summed E-state index contributed by atoms with van der Waals surface area (Å²) in [6.45, 7) is 0.997. The Morgan fingerprint density at radius 3 is 2.90 bits per heavy atom. The van der Waals surface area contributed by atoms with Crippen LogP contribution in [0.5, 0.6) is 0 Å². The normalized spacial score (nSPS) is 19.5. The molecular weight excluding hydrogens is 286 g/mol. The third kappa shape index (κ3) is 2.04. The second kappa shape index (κ2) is 4.53. The minimum atomic E-state index is -3.64. The largest absolute Gasteiger partial charge is 0.428 e. The number of sulfone groups is 1. The van der Waals surface area contributed by atoms with Gasteiger partial charge in [0.15, 0.2) is 5.58 Å². The number of rotatable bonds is 3. The molecule has 8 nitrogen and oxygen atoms in total. The van der Waals surface area contributed by atoms with Gasteiger partial charge in [0, 0.05) is 18.7 Å². The Kier molecular flexibility index (Phi) is 2.94. The quantitative estimate of drug-likeness (QED) is 0.660. The van der Waals surface area contributed by atoms with E-state index in [0.29, 0.717) is 19.5 Å². The molecule has 1 aliphatic heterocycles. The van der Waals surface area contributed by atoms with E-state index in [4.69, 9.17) is 4.42 Å². The van der Waals surface area contributed by atoms with E-state index in [2.05, 4.69) is 10.3 Å². The molecule has 1 N–H and O–H groups in total. The maximum Gasteiger partial charge on any atom is 0.316 e. The molecule has 9 heteroatoms. The van der Waals surface area contributed by atoms with Gasteiger partial charge in [-0.05, 0) is 19.0 Å². The van der Waals surface area contributed by atoms with Crippen molar-refractivity contribution in [3.8, 4) is 0 Å². The van der Waals surface area contributed by atoms with Crippen LogP contribution in [0, 0.1) is 10.1 Å². The molecule has 106 valence electrons. The standard InChI is InChI=1S/C11H11N3O5S/c15-14(16)7-1-2-10-9(5-7)13-11(19-10)20(17,18)8-3-4-12-6-8/h1-2,5,8,12H,3-4,6H2. The zero-order chi connectivity index (χ0) is 14.3. The van der Waals surface area contributed by atoms with Gasteiger partial charge in [0.2, 0.25) is 9.84 Å². The molecule has 0 amide bonds. The lowest BCUT2D eigenvalue weighted by Gasteiger charge is -2.05. The average Bonchev–Trinajstić information content (AvgIpc) is 3.07. The van der Waals surface area contributed by atoms with Gasteiger partial charge in [-0.25, -0.2) is 8.42 Å². The number of non-ortho nitro benzene ring substituents is 1. The lowest BCUT2D eigenvalue weighted by atomic mass is 10.3. The van der Waals surface area contributed by atoms with E-state index in [9.17, 15) is 18.5 Å². The van der Waals surface area contributed by atoms with Crippen molar-refractivity contribution in [2.75, 3.05) is 13.1 Å². The number of fused-ring (bicyclic) bond motifs is 1. The fourth-order valence-electron chi connectivity index (χ4n) is 2.17. The van der Waals surface area contributed by atoms with Crippen LogP contribution < -0.4 is 5.32 Å². The smallest absolute Gasteiger partial charge is 0.316 e. The lowest BCUT2D eigenvalue weighted by Crippen LogP contribution is -2.24. The summed E-state index contributed by atoms with van der Waals surface area (Å²) < 4.78 is 29.8. The third-order valence-electron chi connectivity index (χ3n) is 3.26. The summed E-state index contributed by atoms with van der Waals surface area (Å²) in [7, 11) is -3.64. The summed E-state index contributed by atoms with van der Waals surface area (Å²) in [6.07, 6.45) is 0.501. The van der Waals surface area contributed by atoms with Crippen molar-refractivity contribution >= 4 is 26.6 Å². The highest BCUT2D eigenvalue weighted by atomic mass is 32.2. The van der Waals surface area contributed by atoms with Crippen LogP contribution in [0.1, 0.15) is 6.42 Å². The van der Waals surface area contributed by atoms with E-state index in [1.807, 2.05) is 0 Å². The zero-order valence-corrected chi connectivity index (χ0v) is 11.1. The number of aromatic nitrogens is 1. The molecule has 1 aliphatic rings. The molecule has 0 spiro atoms. The Labute approximate surface area is 113 Å². The summed E-state index contributed by atoms with van der Waals surface area (Å²) >= 11 is 0. The zero-order valence-electron chi connectivity index (χ0n) is 10.3. The van der Waals surface area contributed by atoms with E-state index in [1.54, 1.807) is 0 Å². The first-order chi connectivity index (χ1) is 9.48. The van der Waals surface area contributed by atoms with E-state index in [-0.39, 0.29) is 22.0 Å². The third-order valence-corrected chi connectivity index (χ3v) is 5.20. The molecule has 1 fully saturated rings. The number of benzene rings is 1. The van der Waals surface area contributed by atoms with Crippen LogP contribution in [-0.4, -0.2) is 36.7 Å². The highest BCUT2D eigenvalue weighted by Crippen LogP contribution is 2.26. The van der Waals surface area contributed by atoms with Crippen LogP contribution in [0.15, 0.2) is 27.8 Å². The summed E-state index contributed by atoms with van der Waals surface area (Å²) in [5, 5.41) is 12.7. The van der Waals surface area contributed by atoms with E-state index < -0.39 is 20.0 Å². The number of hydrogen-bond acceptors (Lipinski definition) is 7. The Morgan fingerprint density at radius 2 is 2.25 bits per heavy atom. The summed E-state index contributed by atoms with van der Waals surface area (Å²) in [4.78, 5) is 14.0. The second-order valence-corrected chi connectivity index (χ2v) is 6.65. The minimum absolute atomic E-state index is 0.155. The van der Waals surface area contributed by atoms with Gasteiger partial charge in [-0.3, -0.25) is 10.1 Å². The molecule has 1 aromatic carbocycles. The van der Waals surface area contributed by atoms with E-state index in [0.717, 1.165) is 0 Å². The highest BCUT2D eigenvalue weighted by molar-refractivity contribution is 7.91. The van der Waals surface area contributed by atoms with Crippen LogP contribution in [0.3, 0.4) is 0 Å². The van der Waals surface area contributed by atoms with Gasteiger partial charge in [0.1, 0.15) is 5.52 Å². The molecule has 1 unspecified atom stereocenters. The van der Waals surface area contributed by atoms with Crippen molar-refractivity contribution < 1.29 is 17.8 Å². The van der Waals surface area contributed by atoms with Gasteiger partial charge < -0.3 is 9.73 Å². The first kappa shape index (κ1) is 13.0. The molecule has 1 aromatic heterocycles. The first-order valence-corrected chi connectivity index (χ1v) is 7.53. The van der Waals surface area contributed by atoms with Gasteiger partial charge in [-0.2, -0.15) is 4.98 Å². The second-order valence-electron chi connectivity index (χ2n) is 4.55. The van der Waals surface area contributed by atoms with Gasteiger partial charge in [0.05, 0.1) is 10.2 Å². The summed E-state index contributed by atoms with van der Waals surface area (Å²) in [5.41, 5.74) is 0.237. The van der Waals surface area contributed by atoms with Crippen molar-refractivity contribution in [2.45, 2.75) is 16.9 Å². The van der Waals surface area contributed by atoms with Gasteiger partial charge in [0.25, 0.3) is 5.69 Å². The monoisotopic (exact) mass is 297 g/mol. The molecule has 3 rings (SSSR count). The molecule has 1 atom stereocenters. The van der Waals surface area contributed by atoms with Crippen LogP contribution in [0.25, 0.3) is 11.1 Å².